The van der Waals surface area contributed by atoms with Crippen LogP contribution in [-0.2, 0) is 26.0 Å². The topological polar surface area (TPSA) is 80.8 Å². The van der Waals surface area contributed by atoms with Gasteiger partial charge in [0.15, 0.2) is 5.78 Å². The van der Waals surface area contributed by atoms with Crippen molar-refractivity contribution in [2.45, 2.75) is 38.0 Å². The molecule has 3 rings (SSSR count). The zero-order valence-corrected chi connectivity index (χ0v) is 18.2. The van der Waals surface area contributed by atoms with E-state index in [1.807, 2.05) is 30.3 Å². The summed E-state index contributed by atoms with van der Waals surface area (Å²) in [6.45, 7) is 3.84. The number of hydrogen-bond acceptors (Lipinski definition) is 5. The molecule has 1 aliphatic rings. The first-order valence-corrected chi connectivity index (χ1v) is 11.5. The Bertz CT molecular complexity index is 1000. The lowest BCUT2D eigenvalue weighted by atomic mass is 9.75. The minimum absolute atomic E-state index is 0.0670. The highest BCUT2D eigenvalue weighted by Crippen LogP contribution is 2.37. The fourth-order valence-electron chi connectivity index (χ4n) is 3.96. The summed E-state index contributed by atoms with van der Waals surface area (Å²) in [5, 5.41) is 0. The number of benzene rings is 2. The lowest BCUT2D eigenvalue weighted by Gasteiger charge is -2.40. The van der Waals surface area contributed by atoms with Crippen molar-refractivity contribution >= 4 is 21.8 Å². The van der Waals surface area contributed by atoms with Crippen LogP contribution in [0.2, 0.25) is 0 Å². The number of Topliss-reactive ketones (excluding diaryl/α,β-unsaturated/α-hetero) is 1. The molecule has 2 aromatic rings. The minimum atomic E-state index is -3.80. The smallest absolute Gasteiger partial charge is 0.313 e. The number of ether oxygens (including phenoxy) is 1. The lowest BCUT2D eigenvalue weighted by molar-refractivity contribution is -0.157. The molecule has 1 aliphatic heterocycles. The number of sulfonamides is 1. The highest BCUT2D eigenvalue weighted by molar-refractivity contribution is 7.89. The van der Waals surface area contributed by atoms with Crippen molar-refractivity contribution in [3.8, 4) is 0 Å². The standard InChI is InChI=1S/C23H27NO5S/c1-3-29-22(26)23(16-19-8-5-4-6-9-19)14-7-15-24(17-23)30(27,28)21-12-10-20(11-13-21)18(2)25/h4-6,8-13H,3,7,14-17H2,1-2H3/t23-/m0/s1. The summed E-state index contributed by atoms with van der Waals surface area (Å²) in [5.41, 5.74) is 0.496. The predicted molar refractivity (Wildman–Crippen MR) is 114 cm³/mol. The van der Waals surface area contributed by atoms with E-state index in [4.69, 9.17) is 4.74 Å². The Morgan fingerprint density at radius 2 is 1.73 bits per heavy atom. The van der Waals surface area contributed by atoms with Gasteiger partial charge >= 0.3 is 5.97 Å². The Labute approximate surface area is 177 Å². The Hall–Kier alpha value is -2.51. The second-order valence-corrected chi connectivity index (χ2v) is 9.62. The van der Waals surface area contributed by atoms with E-state index in [0.717, 1.165) is 5.56 Å². The molecular weight excluding hydrogens is 402 g/mol. The van der Waals surface area contributed by atoms with Crippen LogP contribution in [0.1, 0.15) is 42.6 Å². The van der Waals surface area contributed by atoms with Gasteiger partial charge in [-0.2, -0.15) is 4.31 Å². The maximum Gasteiger partial charge on any atom is 0.313 e. The molecule has 0 unspecified atom stereocenters. The number of ketones is 1. The summed E-state index contributed by atoms with van der Waals surface area (Å²) in [4.78, 5) is 24.6. The average Bonchev–Trinajstić information content (AvgIpc) is 2.75. The van der Waals surface area contributed by atoms with E-state index in [9.17, 15) is 18.0 Å². The first-order valence-electron chi connectivity index (χ1n) is 10.1. The van der Waals surface area contributed by atoms with Crippen molar-refractivity contribution in [2.75, 3.05) is 19.7 Å². The molecule has 1 saturated heterocycles. The summed E-state index contributed by atoms with van der Waals surface area (Å²) in [6.07, 6.45) is 1.55. The Kier molecular flexibility index (Phi) is 6.73. The van der Waals surface area contributed by atoms with E-state index in [1.54, 1.807) is 6.92 Å². The van der Waals surface area contributed by atoms with E-state index in [0.29, 0.717) is 31.4 Å². The number of carbonyl (C=O) groups is 2. The Morgan fingerprint density at radius 3 is 2.33 bits per heavy atom. The average molecular weight is 430 g/mol. The molecule has 1 atom stereocenters. The maximum absolute atomic E-state index is 13.3. The number of piperidine rings is 1. The Balaban J connectivity index is 1.92. The van der Waals surface area contributed by atoms with Crippen LogP contribution in [0.15, 0.2) is 59.5 Å². The second-order valence-electron chi connectivity index (χ2n) is 7.69. The zero-order valence-electron chi connectivity index (χ0n) is 17.3. The van der Waals surface area contributed by atoms with Crippen LogP contribution in [0.4, 0.5) is 0 Å². The molecule has 6 nitrogen and oxygen atoms in total. The first-order chi connectivity index (χ1) is 14.3. The summed E-state index contributed by atoms with van der Waals surface area (Å²) in [6, 6.07) is 15.5. The van der Waals surface area contributed by atoms with Gasteiger partial charge in [0.05, 0.1) is 16.9 Å². The molecule has 2 aromatic carbocycles. The van der Waals surface area contributed by atoms with Gasteiger partial charge in [-0.05, 0) is 50.8 Å². The van der Waals surface area contributed by atoms with Crippen LogP contribution in [-0.4, -0.2) is 44.2 Å². The molecule has 0 spiro atoms. The van der Waals surface area contributed by atoms with Crippen LogP contribution < -0.4 is 0 Å². The fourth-order valence-corrected chi connectivity index (χ4v) is 5.52. The van der Waals surface area contributed by atoms with Gasteiger partial charge in [0, 0.05) is 18.7 Å². The number of carbonyl (C=O) groups excluding carboxylic acids is 2. The third kappa shape index (κ3) is 4.63. The van der Waals surface area contributed by atoms with Crippen molar-refractivity contribution in [2.24, 2.45) is 5.41 Å². The zero-order chi connectivity index (χ0) is 21.8. The van der Waals surface area contributed by atoms with Gasteiger partial charge in [0.2, 0.25) is 10.0 Å². The second kappa shape index (κ2) is 9.10. The summed E-state index contributed by atoms with van der Waals surface area (Å²) < 4.78 is 33.3. The SMILES string of the molecule is CCOC(=O)[C@]1(Cc2ccccc2)CCCN(S(=O)(=O)c2ccc(C(C)=O)cc2)C1. The predicted octanol–water partition coefficient (Wildman–Crippen LogP) is 3.47. The molecule has 0 aromatic heterocycles. The van der Waals surface area contributed by atoms with Gasteiger partial charge in [-0.1, -0.05) is 42.5 Å². The number of rotatable bonds is 7. The van der Waals surface area contributed by atoms with Crippen molar-refractivity contribution in [1.29, 1.82) is 0 Å². The molecule has 7 heteroatoms. The Morgan fingerprint density at radius 1 is 1.07 bits per heavy atom. The molecule has 0 amide bonds. The van der Waals surface area contributed by atoms with Crippen LogP contribution in [0.25, 0.3) is 0 Å². The maximum atomic E-state index is 13.3. The largest absolute Gasteiger partial charge is 0.466 e. The molecule has 30 heavy (non-hydrogen) atoms. The molecule has 160 valence electrons. The highest BCUT2D eigenvalue weighted by atomic mass is 32.2. The third-order valence-electron chi connectivity index (χ3n) is 5.53. The highest BCUT2D eigenvalue weighted by Gasteiger charge is 2.46. The fraction of sp³-hybridized carbons (Fsp3) is 0.391. The number of esters is 1. The summed E-state index contributed by atoms with van der Waals surface area (Å²) >= 11 is 0. The van der Waals surface area contributed by atoms with Crippen LogP contribution in [0.5, 0.6) is 0 Å². The van der Waals surface area contributed by atoms with Gasteiger partial charge in [0.25, 0.3) is 0 Å². The first kappa shape index (κ1) is 22.2. The van der Waals surface area contributed by atoms with Crippen molar-refractivity contribution in [3.05, 3.63) is 65.7 Å². The summed E-state index contributed by atoms with van der Waals surface area (Å²) in [7, 11) is -3.80. The van der Waals surface area contributed by atoms with Gasteiger partial charge in [0.1, 0.15) is 0 Å². The van der Waals surface area contributed by atoms with Crippen LogP contribution in [0, 0.1) is 5.41 Å². The van der Waals surface area contributed by atoms with Crippen LogP contribution >= 0.6 is 0 Å². The van der Waals surface area contributed by atoms with E-state index in [1.165, 1.54) is 35.5 Å². The van der Waals surface area contributed by atoms with E-state index in [2.05, 4.69) is 0 Å². The van der Waals surface area contributed by atoms with E-state index < -0.39 is 15.4 Å². The van der Waals surface area contributed by atoms with Crippen molar-refractivity contribution < 1.29 is 22.7 Å². The monoisotopic (exact) mass is 429 g/mol. The van der Waals surface area contributed by atoms with E-state index >= 15 is 0 Å². The normalized spacial score (nSPS) is 19.9. The van der Waals surface area contributed by atoms with Gasteiger partial charge in [-0.25, -0.2) is 8.42 Å². The number of nitrogens with zero attached hydrogens (tertiary/aromatic N) is 1. The quantitative estimate of drug-likeness (QED) is 0.497. The van der Waals surface area contributed by atoms with Crippen molar-refractivity contribution in [3.63, 3.8) is 0 Å². The molecular formula is C23H27NO5S. The van der Waals surface area contributed by atoms with Gasteiger partial charge in [-0.3, -0.25) is 9.59 Å². The lowest BCUT2D eigenvalue weighted by Crippen LogP contribution is -2.51. The molecule has 0 bridgehead atoms. The molecule has 0 radical (unpaired) electrons. The van der Waals surface area contributed by atoms with Gasteiger partial charge in [-0.15, -0.1) is 0 Å². The molecule has 1 heterocycles. The number of hydrogen-bond donors (Lipinski definition) is 0. The minimum Gasteiger partial charge on any atom is -0.466 e. The molecule has 0 N–H and O–H groups in total. The molecule has 1 fully saturated rings. The molecule has 0 aliphatic carbocycles. The van der Waals surface area contributed by atoms with E-state index in [-0.39, 0.29) is 29.8 Å². The van der Waals surface area contributed by atoms with Gasteiger partial charge < -0.3 is 4.74 Å². The van der Waals surface area contributed by atoms with Crippen LogP contribution in [0.3, 0.4) is 0 Å². The molecule has 0 saturated carbocycles. The summed E-state index contributed by atoms with van der Waals surface area (Å²) in [5.74, 6) is -0.484. The van der Waals surface area contributed by atoms with Crippen molar-refractivity contribution in [1.82, 2.24) is 4.31 Å². The third-order valence-corrected chi connectivity index (χ3v) is 7.39.